The van der Waals surface area contributed by atoms with Crippen LogP contribution in [0.1, 0.15) is 16.7 Å². The second-order valence-electron chi connectivity index (χ2n) is 5.09. The molecule has 0 atom stereocenters. The number of anilines is 1. The second kappa shape index (κ2) is 6.78. The number of hydrogen-bond acceptors (Lipinski definition) is 2. The van der Waals surface area contributed by atoms with Crippen molar-refractivity contribution in [1.29, 1.82) is 0 Å². The average molecular weight is 289 g/mol. The zero-order valence-electron chi connectivity index (χ0n) is 12.3. The topological polar surface area (TPSA) is 15.3 Å². The number of nitrogens with one attached hydrogen (secondary N) is 1. The highest BCUT2D eigenvalue weighted by Gasteiger charge is 2.07. The SMILES string of the molecule is CNCc1ccc(N(C)Cc2ccccc2C)cc1Cl. The van der Waals surface area contributed by atoms with E-state index in [1.54, 1.807) is 0 Å². The second-order valence-corrected chi connectivity index (χ2v) is 5.50. The Morgan fingerprint density at radius 2 is 1.85 bits per heavy atom. The molecule has 0 aliphatic heterocycles. The minimum absolute atomic E-state index is 0.792. The zero-order chi connectivity index (χ0) is 14.5. The van der Waals surface area contributed by atoms with E-state index in [-0.39, 0.29) is 0 Å². The van der Waals surface area contributed by atoms with Crippen LogP contribution in [0.3, 0.4) is 0 Å². The Morgan fingerprint density at radius 1 is 1.10 bits per heavy atom. The van der Waals surface area contributed by atoms with E-state index in [1.807, 2.05) is 13.1 Å². The Labute approximate surface area is 126 Å². The molecule has 0 radical (unpaired) electrons. The number of rotatable bonds is 5. The summed E-state index contributed by atoms with van der Waals surface area (Å²) in [4.78, 5) is 2.22. The standard InChI is InChI=1S/C17H21ClN2/c1-13-6-4-5-7-15(13)12-20(3)16-9-8-14(11-19-2)17(18)10-16/h4-10,19H,11-12H2,1-3H3. The molecule has 0 aliphatic rings. The molecule has 0 bridgehead atoms. The van der Waals surface area contributed by atoms with Gasteiger partial charge in [-0.2, -0.15) is 0 Å². The molecule has 0 unspecified atom stereocenters. The first-order chi connectivity index (χ1) is 9.61. The monoisotopic (exact) mass is 288 g/mol. The Bertz CT molecular complexity index is 581. The lowest BCUT2D eigenvalue weighted by molar-refractivity contribution is 0.817. The maximum absolute atomic E-state index is 6.32. The zero-order valence-corrected chi connectivity index (χ0v) is 13.0. The quantitative estimate of drug-likeness (QED) is 0.894. The average Bonchev–Trinajstić information content (AvgIpc) is 2.43. The molecule has 0 saturated heterocycles. The van der Waals surface area contributed by atoms with Crippen LogP contribution < -0.4 is 10.2 Å². The summed E-state index contributed by atoms with van der Waals surface area (Å²) in [6.07, 6.45) is 0. The Balaban J connectivity index is 2.15. The molecule has 0 amide bonds. The van der Waals surface area contributed by atoms with Crippen molar-refractivity contribution in [2.45, 2.75) is 20.0 Å². The first kappa shape index (κ1) is 14.9. The lowest BCUT2D eigenvalue weighted by Gasteiger charge is -2.21. The summed E-state index contributed by atoms with van der Waals surface area (Å²) < 4.78 is 0. The maximum Gasteiger partial charge on any atom is 0.0471 e. The molecule has 1 N–H and O–H groups in total. The summed E-state index contributed by atoms with van der Waals surface area (Å²) in [6.45, 7) is 3.82. The third kappa shape index (κ3) is 3.53. The predicted octanol–water partition coefficient (Wildman–Crippen LogP) is 4.00. The summed E-state index contributed by atoms with van der Waals surface area (Å²) >= 11 is 6.32. The van der Waals surface area contributed by atoms with Crippen LogP contribution in [0.4, 0.5) is 5.69 Å². The van der Waals surface area contributed by atoms with Gasteiger partial charge in [0, 0.05) is 30.8 Å². The summed E-state index contributed by atoms with van der Waals surface area (Å²) in [7, 11) is 4.02. The van der Waals surface area contributed by atoms with Crippen LogP contribution >= 0.6 is 11.6 Å². The Hall–Kier alpha value is -1.51. The highest BCUT2D eigenvalue weighted by molar-refractivity contribution is 6.31. The fourth-order valence-electron chi connectivity index (χ4n) is 2.24. The van der Waals surface area contributed by atoms with Crippen LogP contribution in [0.15, 0.2) is 42.5 Å². The van der Waals surface area contributed by atoms with Gasteiger partial charge in [0.25, 0.3) is 0 Å². The molecule has 2 rings (SSSR count). The molecular formula is C17H21ClN2. The summed E-state index contributed by atoms with van der Waals surface area (Å²) in [6, 6.07) is 14.7. The highest BCUT2D eigenvalue weighted by atomic mass is 35.5. The van der Waals surface area contributed by atoms with Crippen LogP contribution in [-0.2, 0) is 13.1 Å². The van der Waals surface area contributed by atoms with Gasteiger partial charge in [0.15, 0.2) is 0 Å². The van der Waals surface area contributed by atoms with Crippen molar-refractivity contribution in [3.05, 3.63) is 64.2 Å². The molecule has 0 saturated carbocycles. The van der Waals surface area contributed by atoms with Crippen molar-refractivity contribution in [3.8, 4) is 0 Å². The lowest BCUT2D eigenvalue weighted by Crippen LogP contribution is -2.17. The van der Waals surface area contributed by atoms with Gasteiger partial charge >= 0.3 is 0 Å². The van der Waals surface area contributed by atoms with Crippen LogP contribution in [-0.4, -0.2) is 14.1 Å². The third-order valence-corrected chi connectivity index (χ3v) is 3.87. The maximum atomic E-state index is 6.32. The summed E-state index contributed by atoms with van der Waals surface area (Å²) in [5.74, 6) is 0. The van der Waals surface area contributed by atoms with E-state index in [0.717, 1.165) is 29.4 Å². The molecule has 106 valence electrons. The van der Waals surface area contributed by atoms with Crippen LogP contribution in [0.5, 0.6) is 0 Å². The Morgan fingerprint density at radius 3 is 2.50 bits per heavy atom. The van der Waals surface area contributed by atoms with Crippen molar-refractivity contribution in [3.63, 3.8) is 0 Å². The minimum atomic E-state index is 0.792. The van der Waals surface area contributed by atoms with Gasteiger partial charge in [0.2, 0.25) is 0 Å². The van der Waals surface area contributed by atoms with E-state index < -0.39 is 0 Å². The van der Waals surface area contributed by atoms with Crippen LogP contribution in [0.25, 0.3) is 0 Å². The number of aryl methyl sites for hydroxylation is 1. The first-order valence-electron chi connectivity index (χ1n) is 6.80. The van der Waals surface area contributed by atoms with Gasteiger partial charge in [-0.3, -0.25) is 0 Å². The minimum Gasteiger partial charge on any atom is -0.370 e. The number of nitrogens with zero attached hydrogens (tertiary/aromatic N) is 1. The van der Waals surface area contributed by atoms with E-state index in [1.165, 1.54) is 11.1 Å². The fourth-order valence-corrected chi connectivity index (χ4v) is 2.48. The summed E-state index contributed by atoms with van der Waals surface area (Å²) in [5, 5.41) is 3.94. The molecule has 3 heteroatoms. The van der Waals surface area contributed by atoms with Gasteiger partial charge in [-0.25, -0.2) is 0 Å². The van der Waals surface area contributed by atoms with Gasteiger partial charge in [-0.05, 0) is 42.8 Å². The fraction of sp³-hybridized carbons (Fsp3) is 0.294. The number of benzene rings is 2. The van der Waals surface area contributed by atoms with Crippen molar-refractivity contribution >= 4 is 17.3 Å². The van der Waals surface area contributed by atoms with Crippen molar-refractivity contribution in [2.75, 3.05) is 19.0 Å². The van der Waals surface area contributed by atoms with Crippen molar-refractivity contribution < 1.29 is 0 Å². The largest absolute Gasteiger partial charge is 0.370 e. The van der Waals surface area contributed by atoms with Crippen LogP contribution in [0.2, 0.25) is 5.02 Å². The molecule has 0 fully saturated rings. The van der Waals surface area contributed by atoms with E-state index in [2.05, 4.69) is 60.6 Å². The predicted molar refractivity (Wildman–Crippen MR) is 87.5 cm³/mol. The Kier molecular flexibility index (Phi) is 5.05. The van der Waals surface area contributed by atoms with Gasteiger partial charge < -0.3 is 10.2 Å². The van der Waals surface area contributed by atoms with E-state index in [9.17, 15) is 0 Å². The van der Waals surface area contributed by atoms with E-state index in [0.29, 0.717) is 0 Å². The van der Waals surface area contributed by atoms with Gasteiger partial charge in [0.1, 0.15) is 0 Å². The van der Waals surface area contributed by atoms with Crippen LogP contribution in [0, 0.1) is 6.92 Å². The molecule has 0 heterocycles. The summed E-state index contributed by atoms with van der Waals surface area (Å²) in [5.41, 5.74) is 4.92. The molecule has 20 heavy (non-hydrogen) atoms. The van der Waals surface area contributed by atoms with Gasteiger partial charge in [-0.1, -0.05) is 41.9 Å². The van der Waals surface area contributed by atoms with Gasteiger partial charge in [0.05, 0.1) is 0 Å². The molecular weight excluding hydrogens is 268 g/mol. The molecule has 0 aliphatic carbocycles. The molecule has 2 aromatic rings. The first-order valence-corrected chi connectivity index (χ1v) is 7.18. The van der Waals surface area contributed by atoms with Crippen molar-refractivity contribution in [1.82, 2.24) is 5.32 Å². The highest BCUT2D eigenvalue weighted by Crippen LogP contribution is 2.24. The van der Waals surface area contributed by atoms with Gasteiger partial charge in [-0.15, -0.1) is 0 Å². The molecule has 2 aromatic carbocycles. The van der Waals surface area contributed by atoms with E-state index >= 15 is 0 Å². The number of halogens is 1. The molecule has 0 spiro atoms. The van der Waals surface area contributed by atoms with E-state index in [4.69, 9.17) is 11.6 Å². The third-order valence-electron chi connectivity index (χ3n) is 3.51. The molecule has 2 nitrogen and oxygen atoms in total. The normalized spacial score (nSPS) is 10.6. The molecule has 0 aromatic heterocycles. The van der Waals surface area contributed by atoms with Crippen molar-refractivity contribution in [2.24, 2.45) is 0 Å². The number of hydrogen-bond donors (Lipinski definition) is 1. The smallest absolute Gasteiger partial charge is 0.0471 e. The lowest BCUT2D eigenvalue weighted by atomic mass is 10.1.